The van der Waals surface area contributed by atoms with E-state index in [9.17, 15) is 0 Å². The van der Waals surface area contributed by atoms with Gasteiger partial charge < -0.3 is 0 Å². The SMILES string of the molecule is [c]1[c]c(-c2cc3ccccc3s2)ccn1. The molecule has 0 N–H and O–H groups in total. The van der Waals surface area contributed by atoms with E-state index in [1.807, 2.05) is 6.07 Å². The lowest BCUT2D eigenvalue weighted by molar-refractivity contribution is 1.31. The van der Waals surface area contributed by atoms with Crippen LogP contribution in [0, 0.1) is 12.3 Å². The van der Waals surface area contributed by atoms with Gasteiger partial charge in [-0.3, -0.25) is 4.98 Å². The van der Waals surface area contributed by atoms with Crippen LogP contribution in [0.15, 0.2) is 42.6 Å². The average molecular weight is 209 g/mol. The molecule has 2 heterocycles. The molecule has 1 nitrogen and oxygen atoms in total. The summed E-state index contributed by atoms with van der Waals surface area (Å²) in [6.45, 7) is 0. The van der Waals surface area contributed by atoms with E-state index in [0.717, 1.165) is 5.56 Å². The summed E-state index contributed by atoms with van der Waals surface area (Å²) < 4.78 is 1.30. The fraction of sp³-hybridized carbons (Fsp3) is 0. The van der Waals surface area contributed by atoms with Gasteiger partial charge in [-0.2, -0.15) is 0 Å². The minimum absolute atomic E-state index is 1.06. The van der Waals surface area contributed by atoms with Crippen molar-refractivity contribution >= 4 is 21.4 Å². The normalized spacial score (nSPS) is 10.7. The molecule has 1 aromatic carbocycles. The standard InChI is InChI=1S/C13H7NS/c1-2-4-12-11(3-1)9-13(15-12)10-5-7-14-8-6-10/h1-5,7,9H. The third-order valence-corrected chi connectivity index (χ3v) is 3.41. The van der Waals surface area contributed by atoms with E-state index in [-0.39, 0.29) is 0 Å². The second-order valence-electron chi connectivity index (χ2n) is 3.24. The molecule has 2 aromatic heterocycles. The first-order chi connectivity index (χ1) is 7.43. The van der Waals surface area contributed by atoms with Crippen LogP contribution >= 0.6 is 11.3 Å². The molecule has 70 valence electrons. The Morgan fingerprint density at radius 1 is 1.13 bits per heavy atom. The van der Waals surface area contributed by atoms with Gasteiger partial charge in [0.05, 0.1) is 6.20 Å². The van der Waals surface area contributed by atoms with Gasteiger partial charge in [0.2, 0.25) is 0 Å². The van der Waals surface area contributed by atoms with Crippen LogP contribution in [0.5, 0.6) is 0 Å². The number of hydrogen-bond donors (Lipinski definition) is 0. The lowest BCUT2D eigenvalue weighted by atomic mass is 10.2. The molecular formula is C13H7NS. The van der Waals surface area contributed by atoms with E-state index < -0.39 is 0 Å². The van der Waals surface area contributed by atoms with E-state index in [1.165, 1.54) is 15.0 Å². The van der Waals surface area contributed by atoms with Gasteiger partial charge in [-0.05, 0) is 23.6 Å². The molecule has 0 fully saturated rings. The van der Waals surface area contributed by atoms with Gasteiger partial charge in [0.25, 0.3) is 0 Å². The molecule has 0 spiro atoms. The topological polar surface area (TPSA) is 12.9 Å². The van der Waals surface area contributed by atoms with Gasteiger partial charge in [0.15, 0.2) is 0 Å². The molecule has 15 heavy (non-hydrogen) atoms. The molecule has 0 aliphatic carbocycles. The largest absolute Gasteiger partial charge is 0.254 e. The molecule has 0 aliphatic heterocycles. The van der Waals surface area contributed by atoms with Gasteiger partial charge in [0, 0.05) is 27.4 Å². The summed E-state index contributed by atoms with van der Waals surface area (Å²) in [6.07, 6.45) is 4.48. The van der Waals surface area contributed by atoms with Gasteiger partial charge in [-0.1, -0.05) is 18.2 Å². The van der Waals surface area contributed by atoms with Crippen molar-refractivity contribution in [2.45, 2.75) is 0 Å². The number of benzene rings is 1. The smallest absolute Gasteiger partial charge is 0.0978 e. The highest BCUT2D eigenvalue weighted by Crippen LogP contribution is 2.32. The Bertz CT molecular complexity index is 551. The van der Waals surface area contributed by atoms with Gasteiger partial charge in [-0.15, -0.1) is 11.3 Å². The van der Waals surface area contributed by atoms with Crippen LogP contribution in [-0.4, -0.2) is 4.98 Å². The Balaban J connectivity index is 2.21. The van der Waals surface area contributed by atoms with Crippen LogP contribution in [0.4, 0.5) is 0 Å². The van der Waals surface area contributed by atoms with Crippen LogP contribution in [0.2, 0.25) is 0 Å². The Morgan fingerprint density at radius 3 is 2.87 bits per heavy atom. The monoisotopic (exact) mass is 209 g/mol. The molecule has 0 saturated carbocycles. The van der Waals surface area contributed by atoms with Crippen molar-refractivity contribution in [3.8, 4) is 10.4 Å². The van der Waals surface area contributed by atoms with E-state index in [1.54, 1.807) is 17.5 Å². The molecule has 0 saturated heterocycles. The van der Waals surface area contributed by atoms with Crippen LogP contribution in [0.3, 0.4) is 0 Å². The number of pyridine rings is 1. The first-order valence-electron chi connectivity index (χ1n) is 4.67. The summed E-state index contributed by atoms with van der Waals surface area (Å²) in [5.74, 6) is 0. The van der Waals surface area contributed by atoms with Gasteiger partial charge in [-0.25, -0.2) is 0 Å². The number of hydrogen-bond acceptors (Lipinski definition) is 2. The van der Waals surface area contributed by atoms with Gasteiger partial charge in [0.1, 0.15) is 0 Å². The molecule has 2 radical (unpaired) electrons. The second-order valence-corrected chi connectivity index (χ2v) is 4.33. The van der Waals surface area contributed by atoms with Crippen molar-refractivity contribution in [3.05, 3.63) is 54.9 Å². The van der Waals surface area contributed by atoms with Crippen LogP contribution in [0.25, 0.3) is 20.5 Å². The Labute approximate surface area is 92.0 Å². The molecule has 0 unspecified atom stereocenters. The molecule has 3 rings (SSSR count). The maximum Gasteiger partial charge on any atom is 0.0978 e. The first kappa shape index (κ1) is 8.62. The summed E-state index contributed by atoms with van der Waals surface area (Å²) in [5.41, 5.74) is 1.06. The van der Waals surface area contributed by atoms with Gasteiger partial charge >= 0.3 is 0 Å². The van der Waals surface area contributed by atoms with E-state index in [0.29, 0.717) is 0 Å². The zero-order valence-corrected chi connectivity index (χ0v) is 8.71. The number of thiophene rings is 1. The lowest BCUT2D eigenvalue weighted by Crippen LogP contribution is -1.73. The molecule has 0 atom stereocenters. The quantitative estimate of drug-likeness (QED) is 0.597. The lowest BCUT2D eigenvalue weighted by Gasteiger charge is -1.91. The fourth-order valence-electron chi connectivity index (χ4n) is 1.54. The minimum Gasteiger partial charge on any atom is -0.254 e. The molecule has 3 aromatic rings. The highest BCUT2D eigenvalue weighted by atomic mass is 32.1. The van der Waals surface area contributed by atoms with Crippen LogP contribution in [-0.2, 0) is 0 Å². The van der Waals surface area contributed by atoms with E-state index >= 15 is 0 Å². The van der Waals surface area contributed by atoms with Crippen molar-refractivity contribution in [1.29, 1.82) is 0 Å². The summed E-state index contributed by atoms with van der Waals surface area (Å²) in [6, 6.07) is 15.5. The highest BCUT2D eigenvalue weighted by molar-refractivity contribution is 7.22. The molecular weight excluding hydrogens is 202 g/mol. The Hall–Kier alpha value is -1.67. The van der Waals surface area contributed by atoms with Crippen LogP contribution < -0.4 is 0 Å². The third kappa shape index (κ3) is 1.53. The summed E-state index contributed by atoms with van der Waals surface area (Å²) in [7, 11) is 0. The average Bonchev–Trinajstić information content (AvgIpc) is 2.74. The predicted octanol–water partition coefficient (Wildman–Crippen LogP) is 3.56. The Morgan fingerprint density at radius 2 is 2.07 bits per heavy atom. The zero-order valence-electron chi connectivity index (χ0n) is 7.90. The highest BCUT2D eigenvalue weighted by Gasteiger charge is 2.02. The number of rotatable bonds is 1. The van der Waals surface area contributed by atoms with Crippen molar-refractivity contribution in [2.24, 2.45) is 0 Å². The fourth-order valence-corrected chi connectivity index (χ4v) is 2.58. The van der Waals surface area contributed by atoms with Crippen molar-refractivity contribution in [3.63, 3.8) is 0 Å². The number of fused-ring (bicyclic) bond motifs is 1. The maximum absolute atomic E-state index is 3.85. The molecule has 0 amide bonds. The minimum atomic E-state index is 1.06. The predicted molar refractivity (Wildman–Crippen MR) is 62.7 cm³/mol. The number of nitrogens with zero attached hydrogens (tertiary/aromatic N) is 1. The second kappa shape index (κ2) is 3.48. The Kier molecular flexibility index (Phi) is 2.00. The van der Waals surface area contributed by atoms with Crippen molar-refractivity contribution in [2.75, 3.05) is 0 Å². The van der Waals surface area contributed by atoms with E-state index in [2.05, 4.69) is 47.6 Å². The van der Waals surface area contributed by atoms with Crippen LogP contribution in [0.1, 0.15) is 0 Å². The maximum atomic E-state index is 3.85. The molecule has 2 heteroatoms. The molecule has 0 bridgehead atoms. The zero-order chi connectivity index (χ0) is 10.1. The first-order valence-corrected chi connectivity index (χ1v) is 5.48. The summed E-state index contributed by atoms with van der Waals surface area (Å²) >= 11 is 1.77. The van der Waals surface area contributed by atoms with Crippen molar-refractivity contribution < 1.29 is 0 Å². The van der Waals surface area contributed by atoms with Crippen molar-refractivity contribution in [1.82, 2.24) is 4.98 Å². The summed E-state index contributed by atoms with van der Waals surface area (Å²) in [5, 5.41) is 1.28. The molecule has 0 aliphatic rings. The summed E-state index contributed by atoms with van der Waals surface area (Å²) in [4.78, 5) is 5.07. The number of aromatic nitrogens is 1. The van der Waals surface area contributed by atoms with E-state index in [4.69, 9.17) is 0 Å². The third-order valence-electron chi connectivity index (χ3n) is 2.26.